The number of carbonyl (C=O) groups is 1. The molecule has 0 spiro atoms. The van der Waals surface area contributed by atoms with Gasteiger partial charge in [-0.2, -0.15) is 30.6 Å². The number of nitrogens with one attached hydrogen (secondary N) is 2. The lowest BCUT2D eigenvalue weighted by molar-refractivity contribution is -0.138. The molecule has 180 valence electrons. The van der Waals surface area contributed by atoms with Gasteiger partial charge in [0, 0.05) is 24.8 Å². The van der Waals surface area contributed by atoms with E-state index < -0.39 is 50.5 Å². The number of rotatable bonds is 4. The summed E-state index contributed by atoms with van der Waals surface area (Å²) in [7, 11) is -4.17. The molecule has 0 saturated carbocycles. The first-order valence-electron chi connectivity index (χ1n) is 9.69. The van der Waals surface area contributed by atoms with Gasteiger partial charge in [-0.3, -0.25) is 0 Å². The number of sulfonamides is 1. The highest BCUT2D eigenvalue weighted by molar-refractivity contribution is 7.89. The van der Waals surface area contributed by atoms with Crippen molar-refractivity contribution in [2.24, 2.45) is 0 Å². The summed E-state index contributed by atoms with van der Waals surface area (Å²) in [6.45, 7) is -0.0971. The molecule has 2 N–H and O–H groups in total. The second kappa shape index (κ2) is 9.21. The first-order chi connectivity index (χ1) is 15.3. The van der Waals surface area contributed by atoms with Crippen LogP contribution in [0.2, 0.25) is 0 Å². The summed E-state index contributed by atoms with van der Waals surface area (Å²) in [5.41, 5.74) is -2.06. The molecule has 3 rings (SSSR count). The van der Waals surface area contributed by atoms with Crippen LogP contribution in [0.4, 0.5) is 36.8 Å². The maximum absolute atomic E-state index is 12.9. The third kappa shape index (κ3) is 6.16. The number of halogens is 6. The van der Waals surface area contributed by atoms with Crippen LogP contribution in [0.15, 0.2) is 53.4 Å². The van der Waals surface area contributed by atoms with Crippen LogP contribution in [0.3, 0.4) is 0 Å². The van der Waals surface area contributed by atoms with Crippen LogP contribution in [0.25, 0.3) is 0 Å². The number of amides is 2. The van der Waals surface area contributed by atoms with Gasteiger partial charge in [0.1, 0.15) is 0 Å². The highest BCUT2D eigenvalue weighted by Crippen LogP contribution is 2.32. The van der Waals surface area contributed by atoms with Crippen molar-refractivity contribution in [3.05, 3.63) is 59.7 Å². The number of carbonyl (C=O) groups excluding carboxylic acids is 1. The van der Waals surface area contributed by atoms with Gasteiger partial charge < -0.3 is 10.6 Å². The molecule has 0 aromatic heterocycles. The number of urea groups is 1. The van der Waals surface area contributed by atoms with Crippen LogP contribution in [0, 0.1) is 0 Å². The molecule has 2 amide bonds. The first-order valence-corrected chi connectivity index (χ1v) is 11.1. The fraction of sp³-hybridized carbons (Fsp3) is 0.350. The molecule has 1 heterocycles. The highest BCUT2D eigenvalue weighted by atomic mass is 32.2. The molecule has 1 fully saturated rings. The van der Waals surface area contributed by atoms with Crippen LogP contribution in [-0.4, -0.2) is 37.9 Å². The van der Waals surface area contributed by atoms with Crippen molar-refractivity contribution in [3.63, 3.8) is 0 Å². The zero-order chi connectivity index (χ0) is 24.4. The fourth-order valence-electron chi connectivity index (χ4n) is 3.35. The summed E-state index contributed by atoms with van der Waals surface area (Å²) < 4.78 is 103. The predicted octanol–water partition coefficient (Wildman–Crippen LogP) is 4.70. The molecule has 1 aliphatic rings. The van der Waals surface area contributed by atoms with Crippen LogP contribution < -0.4 is 10.6 Å². The Balaban J connectivity index is 1.58. The topological polar surface area (TPSA) is 78.5 Å². The SMILES string of the molecule is O=C(Nc1cccc(C(F)(F)F)c1)NC1CCN(S(=O)(=O)c2cccc(C(F)(F)F)c2)CC1. The van der Waals surface area contributed by atoms with Gasteiger partial charge in [-0.25, -0.2) is 13.2 Å². The Bertz CT molecular complexity index is 1110. The van der Waals surface area contributed by atoms with E-state index >= 15 is 0 Å². The Kier molecular flexibility index (Phi) is 6.93. The predicted molar refractivity (Wildman–Crippen MR) is 107 cm³/mol. The molecule has 0 aliphatic carbocycles. The Hall–Kier alpha value is -2.80. The van der Waals surface area contributed by atoms with Crippen molar-refractivity contribution < 1.29 is 39.6 Å². The van der Waals surface area contributed by atoms with Crippen molar-refractivity contribution >= 4 is 21.7 Å². The molecule has 0 atom stereocenters. The van der Waals surface area contributed by atoms with Crippen LogP contribution in [0.5, 0.6) is 0 Å². The molecular formula is C20H19F6N3O3S. The second-order valence-electron chi connectivity index (χ2n) is 7.38. The number of benzene rings is 2. The van der Waals surface area contributed by atoms with Gasteiger partial charge in [0.2, 0.25) is 10.0 Å². The van der Waals surface area contributed by atoms with Gasteiger partial charge >= 0.3 is 18.4 Å². The average molecular weight is 495 g/mol. The van der Waals surface area contributed by atoms with E-state index in [9.17, 15) is 39.6 Å². The van der Waals surface area contributed by atoms with Crippen molar-refractivity contribution in [3.8, 4) is 0 Å². The molecule has 1 aliphatic heterocycles. The molecule has 2 aromatic carbocycles. The number of hydrogen-bond donors (Lipinski definition) is 2. The lowest BCUT2D eigenvalue weighted by atomic mass is 10.1. The Morgan fingerprint density at radius 1 is 0.879 bits per heavy atom. The van der Waals surface area contributed by atoms with Crippen LogP contribution in [0.1, 0.15) is 24.0 Å². The van der Waals surface area contributed by atoms with Crippen molar-refractivity contribution in [2.45, 2.75) is 36.1 Å². The summed E-state index contributed by atoms with van der Waals surface area (Å²) in [5, 5.41) is 4.87. The van der Waals surface area contributed by atoms with Gasteiger partial charge in [0.05, 0.1) is 16.0 Å². The molecule has 13 heteroatoms. The Labute approximate surface area is 185 Å². The van der Waals surface area contributed by atoms with Crippen molar-refractivity contribution in [1.29, 1.82) is 0 Å². The van der Waals surface area contributed by atoms with Crippen LogP contribution >= 0.6 is 0 Å². The Morgan fingerprint density at radius 3 is 2.00 bits per heavy atom. The van der Waals surface area contributed by atoms with E-state index in [-0.39, 0.29) is 31.6 Å². The molecule has 1 saturated heterocycles. The van der Waals surface area contributed by atoms with Crippen molar-refractivity contribution in [1.82, 2.24) is 9.62 Å². The third-order valence-corrected chi connectivity index (χ3v) is 6.93. The van der Waals surface area contributed by atoms with E-state index in [1.165, 1.54) is 6.07 Å². The van der Waals surface area contributed by atoms with E-state index in [1.807, 2.05) is 0 Å². The maximum atomic E-state index is 12.9. The van der Waals surface area contributed by atoms with Gasteiger partial charge in [0.15, 0.2) is 0 Å². The quantitative estimate of drug-likeness (QED) is 0.604. The number of hydrogen-bond acceptors (Lipinski definition) is 3. The standard InChI is InChI=1S/C20H19F6N3O3S/c21-19(22,23)13-3-1-5-16(11-13)28-18(30)27-15-7-9-29(10-8-15)33(31,32)17-6-2-4-14(12-17)20(24,25)26/h1-6,11-12,15H,7-10H2,(H2,27,28,30). The van der Waals surface area contributed by atoms with Gasteiger partial charge in [-0.05, 0) is 49.2 Å². The lowest BCUT2D eigenvalue weighted by Gasteiger charge is -2.31. The van der Waals surface area contributed by atoms with E-state index in [4.69, 9.17) is 0 Å². The summed E-state index contributed by atoms with van der Waals surface area (Å²) in [6, 6.07) is 6.31. The zero-order valence-electron chi connectivity index (χ0n) is 16.9. The molecule has 33 heavy (non-hydrogen) atoms. The largest absolute Gasteiger partial charge is 0.416 e. The summed E-state index contributed by atoms with van der Waals surface area (Å²) in [4.78, 5) is 11.7. The normalized spacial score (nSPS) is 16.4. The number of nitrogens with zero attached hydrogens (tertiary/aromatic N) is 1. The summed E-state index contributed by atoms with van der Waals surface area (Å²) >= 11 is 0. The zero-order valence-corrected chi connectivity index (χ0v) is 17.7. The van der Waals surface area contributed by atoms with E-state index in [0.717, 1.165) is 40.7 Å². The van der Waals surface area contributed by atoms with Gasteiger partial charge in [-0.1, -0.05) is 12.1 Å². The molecule has 0 radical (unpaired) electrons. The monoisotopic (exact) mass is 495 g/mol. The van der Waals surface area contributed by atoms with E-state index in [0.29, 0.717) is 6.07 Å². The minimum Gasteiger partial charge on any atom is -0.335 e. The van der Waals surface area contributed by atoms with Gasteiger partial charge in [0.25, 0.3) is 0 Å². The smallest absolute Gasteiger partial charge is 0.335 e. The summed E-state index contributed by atoms with van der Waals surface area (Å²) in [6.07, 6.45) is -8.90. The highest BCUT2D eigenvalue weighted by Gasteiger charge is 2.34. The van der Waals surface area contributed by atoms with E-state index in [2.05, 4.69) is 10.6 Å². The molecule has 6 nitrogen and oxygen atoms in total. The minimum absolute atomic E-state index is 0.0485. The van der Waals surface area contributed by atoms with Crippen molar-refractivity contribution in [2.75, 3.05) is 18.4 Å². The number of piperidine rings is 1. The average Bonchev–Trinajstić information content (AvgIpc) is 2.73. The number of anilines is 1. The second-order valence-corrected chi connectivity index (χ2v) is 9.32. The number of alkyl halides is 6. The lowest BCUT2D eigenvalue weighted by Crippen LogP contribution is -2.47. The molecule has 2 aromatic rings. The molecular weight excluding hydrogens is 476 g/mol. The first kappa shape index (κ1) is 24.8. The minimum atomic E-state index is -4.69. The molecule has 0 bridgehead atoms. The maximum Gasteiger partial charge on any atom is 0.416 e. The van der Waals surface area contributed by atoms with Crippen LogP contribution in [-0.2, 0) is 22.4 Å². The molecule has 0 unspecified atom stereocenters. The third-order valence-electron chi connectivity index (χ3n) is 5.04. The summed E-state index contributed by atoms with van der Waals surface area (Å²) in [5.74, 6) is 0. The van der Waals surface area contributed by atoms with E-state index in [1.54, 1.807) is 0 Å². The Morgan fingerprint density at radius 2 is 1.42 bits per heavy atom. The fourth-order valence-corrected chi connectivity index (χ4v) is 4.86. The van der Waals surface area contributed by atoms with Gasteiger partial charge in [-0.15, -0.1) is 0 Å².